The zero-order valence-corrected chi connectivity index (χ0v) is 8.18. The van der Waals surface area contributed by atoms with Crippen LogP contribution in [0.25, 0.3) is 0 Å². The summed E-state index contributed by atoms with van der Waals surface area (Å²) in [6.07, 6.45) is 3.66. The minimum absolute atomic E-state index is 0.0741. The van der Waals surface area contributed by atoms with Gasteiger partial charge in [0.25, 0.3) is 0 Å². The minimum atomic E-state index is -0.112. The monoisotopic (exact) mass is 182 g/mol. The van der Waals surface area contributed by atoms with Gasteiger partial charge in [0, 0.05) is 13.1 Å². The zero-order chi connectivity index (χ0) is 9.47. The predicted molar refractivity (Wildman–Crippen MR) is 51.0 cm³/mol. The van der Waals surface area contributed by atoms with Crippen LogP contribution in [0.15, 0.2) is 0 Å². The molecule has 1 saturated carbocycles. The summed E-state index contributed by atoms with van der Waals surface area (Å²) in [6, 6.07) is 0. The summed E-state index contributed by atoms with van der Waals surface area (Å²) in [5, 5.41) is 3.32. The number of nitrogens with one attached hydrogen (secondary N) is 1. The van der Waals surface area contributed by atoms with E-state index in [1.54, 1.807) is 0 Å². The molecule has 74 valence electrons. The molecule has 2 atom stereocenters. The summed E-state index contributed by atoms with van der Waals surface area (Å²) in [4.78, 5) is 11.3. The topological polar surface area (TPSA) is 55.1 Å². The smallest absolute Gasteiger partial charge is 0.222 e. The van der Waals surface area contributed by atoms with Crippen LogP contribution in [0.5, 0.6) is 0 Å². The molecule has 0 bridgehead atoms. The van der Waals surface area contributed by atoms with Crippen LogP contribution in [0.1, 0.15) is 26.2 Å². The van der Waals surface area contributed by atoms with Crippen molar-refractivity contribution in [1.82, 2.24) is 5.32 Å². The van der Waals surface area contributed by atoms with E-state index in [1.807, 2.05) is 0 Å². The Balaban J connectivity index is 2.20. The molecule has 0 aromatic heterocycles. The Kier molecular flexibility index (Phi) is 2.06. The van der Waals surface area contributed by atoms with E-state index in [9.17, 15) is 4.79 Å². The van der Waals surface area contributed by atoms with Crippen molar-refractivity contribution in [3.63, 3.8) is 0 Å². The molecule has 0 aromatic rings. The summed E-state index contributed by atoms with van der Waals surface area (Å²) in [5.41, 5.74) is 5.64. The highest BCUT2D eigenvalue weighted by Gasteiger charge is 2.53. The lowest BCUT2D eigenvalue weighted by molar-refractivity contribution is -0.124. The van der Waals surface area contributed by atoms with E-state index in [1.165, 1.54) is 12.8 Å². The second-order valence-corrected chi connectivity index (χ2v) is 4.45. The van der Waals surface area contributed by atoms with Crippen LogP contribution in [-0.4, -0.2) is 19.0 Å². The van der Waals surface area contributed by atoms with Gasteiger partial charge in [-0.15, -0.1) is 0 Å². The molecule has 2 fully saturated rings. The summed E-state index contributed by atoms with van der Waals surface area (Å²) in [5.74, 6) is 0.716. The second-order valence-electron chi connectivity index (χ2n) is 4.45. The highest BCUT2D eigenvalue weighted by Crippen LogP contribution is 2.53. The van der Waals surface area contributed by atoms with Crippen molar-refractivity contribution in [2.24, 2.45) is 23.0 Å². The number of nitrogens with two attached hydrogens (primary N) is 1. The van der Waals surface area contributed by atoms with E-state index in [2.05, 4.69) is 12.2 Å². The number of carbonyl (C=O) groups is 1. The maximum atomic E-state index is 11.3. The lowest BCUT2D eigenvalue weighted by atomic mass is 9.71. The summed E-state index contributed by atoms with van der Waals surface area (Å²) in [6.45, 7) is 3.96. The fraction of sp³-hybridized carbons (Fsp3) is 0.900. The molecule has 0 aromatic carbocycles. The second kappa shape index (κ2) is 2.98. The van der Waals surface area contributed by atoms with Crippen molar-refractivity contribution in [3.05, 3.63) is 0 Å². The summed E-state index contributed by atoms with van der Waals surface area (Å²) < 4.78 is 0. The highest BCUT2D eigenvalue weighted by atomic mass is 16.1. The molecule has 3 nitrogen and oxygen atoms in total. The molecule has 13 heavy (non-hydrogen) atoms. The largest absolute Gasteiger partial charge is 0.369 e. The van der Waals surface area contributed by atoms with Crippen LogP contribution >= 0.6 is 0 Å². The third-order valence-electron chi connectivity index (χ3n) is 3.89. The third-order valence-corrected chi connectivity index (χ3v) is 3.89. The SMILES string of the molecule is CCC1(C2CC2)CNCC1C(N)=O. The average molecular weight is 182 g/mol. The molecular weight excluding hydrogens is 164 g/mol. The van der Waals surface area contributed by atoms with E-state index in [0.717, 1.165) is 25.4 Å². The van der Waals surface area contributed by atoms with E-state index < -0.39 is 0 Å². The van der Waals surface area contributed by atoms with Gasteiger partial charge in [-0.2, -0.15) is 0 Å². The molecule has 0 spiro atoms. The first-order valence-electron chi connectivity index (χ1n) is 5.20. The Morgan fingerprint density at radius 2 is 2.31 bits per heavy atom. The maximum Gasteiger partial charge on any atom is 0.222 e. The average Bonchev–Trinajstić information content (AvgIpc) is 2.85. The van der Waals surface area contributed by atoms with Crippen LogP contribution in [0, 0.1) is 17.3 Å². The lowest BCUT2D eigenvalue weighted by Crippen LogP contribution is -2.39. The number of rotatable bonds is 3. The van der Waals surface area contributed by atoms with Crippen molar-refractivity contribution in [2.45, 2.75) is 26.2 Å². The fourth-order valence-corrected chi connectivity index (χ4v) is 2.91. The van der Waals surface area contributed by atoms with Crippen molar-refractivity contribution >= 4 is 5.91 Å². The molecular formula is C10H18N2O. The minimum Gasteiger partial charge on any atom is -0.369 e. The Bertz CT molecular complexity index is 225. The van der Waals surface area contributed by atoms with E-state index in [4.69, 9.17) is 5.73 Å². The van der Waals surface area contributed by atoms with Gasteiger partial charge in [-0.25, -0.2) is 0 Å². The van der Waals surface area contributed by atoms with Crippen LogP contribution in [-0.2, 0) is 4.79 Å². The number of hydrogen-bond acceptors (Lipinski definition) is 2. The van der Waals surface area contributed by atoms with E-state index in [-0.39, 0.29) is 17.2 Å². The molecule has 1 aliphatic carbocycles. The first kappa shape index (κ1) is 9.00. The van der Waals surface area contributed by atoms with E-state index >= 15 is 0 Å². The molecule has 1 amide bonds. The highest BCUT2D eigenvalue weighted by molar-refractivity contribution is 5.78. The van der Waals surface area contributed by atoms with Gasteiger partial charge in [-0.1, -0.05) is 6.92 Å². The molecule has 1 heterocycles. The molecule has 2 rings (SSSR count). The Hall–Kier alpha value is -0.570. The van der Waals surface area contributed by atoms with Gasteiger partial charge >= 0.3 is 0 Å². The molecule has 0 radical (unpaired) electrons. The molecule has 2 aliphatic rings. The lowest BCUT2D eigenvalue weighted by Gasteiger charge is -2.32. The van der Waals surface area contributed by atoms with Gasteiger partial charge in [0.15, 0.2) is 0 Å². The normalized spacial score (nSPS) is 39.3. The molecule has 2 unspecified atom stereocenters. The van der Waals surface area contributed by atoms with Crippen molar-refractivity contribution < 1.29 is 4.79 Å². The Morgan fingerprint density at radius 1 is 1.62 bits per heavy atom. The van der Waals surface area contributed by atoms with Gasteiger partial charge in [-0.3, -0.25) is 4.79 Å². The number of carbonyl (C=O) groups excluding carboxylic acids is 1. The van der Waals surface area contributed by atoms with Gasteiger partial charge in [0.1, 0.15) is 0 Å². The third kappa shape index (κ3) is 1.26. The fourth-order valence-electron chi connectivity index (χ4n) is 2.91. The quantitative estimate of drug-likeness (QED) is 0.667. The van der Waals surface area contributed by atoms with Crippen molar-refractivity contribution in [3.8, 4) is 0 Å². The number of primary amides is 1. The Labute approximate surface area is 79.1 Å². The van der Waals surface area contributed by atoms with Crippen LogP contribution in [0.2, 0.25) is 0 Å². The van der Waals surface area contributed by atoms with Gasteiger partial charge in [0.2, 0.25) is 5.91 Å². The molecule has 3 N–H and O–H groups in total. The van der Waals surface area contributed by atoms with Gasteiger partial charge < -0.3 is 11.1 Å². The predicted octanol–water partition coefficient (Wildman–Crippen LogP) is 0.497. The number of hydrogen-bond donors (Lipinski definition) is 2. The summed E-state index contributed by atoms with van der Waals surface area (Å²) in [7, 11) is 0. The van der Waals surface area contributed by atoms with E-state index in [0.29, 0.717) is 0 Å². The number of amides is 1. The first-order valence-corrected chi connectivity index (χ1v) is 5.20. The molecule has 1 saturated heterocycles. The van der Waals surface area contributed by atoms with Gasteiger partial charge in [0.05, 0.1) is 5.92 Å². The van der Waals surface area contributed by atoms with Crippen molar-refractivity contribution in [2.75, 3.05) is 13.1 Å². The first-order chi connectivity index (χ1) is 6.20. The summed E-state index contributed by atoms with van der Waals surface area (Å²) >= 11 is 0. The maximum absolute atomic E-state index is 11.3. The zero-order valence-electron chi connectivity index (χ0n) is 8.18. The van der Waals surface area contributed by atoms with Crippen LogP contribution in [0.4, 0.5) is 0 Å². The Morgan fingerprint density at radius 3 is 2.77 bits per heavy atom. The molecule has 1 aliphatic heterocycles. The standard InChI is InChI=1S/C10H18N2O/c1-2-10(7-3-4-7)6-12-5-8(10)9(11)13/h7-8,12H,2-6H2,1H3,(H2,11,13). The molecule has 3 heteroatoms. The van der Waals surface area contributed by atoms with Crippen molar-refractivity contribution in [1.29, 1.82) is 0 Å². The van der Waals surface area contributed by atoms with Crippen LogP contribution < -0.4 is 11.1 Å². The van der Waals surface area contributed by atoms with Gasteiger partial charge in [-0.05, 0) is 30.6 Å². The van der Waals surface area contributed by atoms with Crippen LogP contribution in [0.3, 0.4) is 0 Å².